The van der Waals surface area contributed by atoms with Gasteiger partial charge < -0.3 is 5.32 Å². The molecule has 0 fully saturated rings. The van der Waals surface area contributed by atoms with Gasteiger partial charge in [0.05, 0.1) is 11.3 Å². The summed E-state index contributed by atoms with van der Waals surface area (Å²) in [7, 11) is 0. The Labute approximate surface area is 146 Å². The number of anilines is 1. The fourth-order valence-corrected chi connectivity index (χ4v) is 2.63. The zero-order valence-corrected chi connectivity index (χ0v) is 13.3. The summed E-state index contributed by atoms with van der Waals surface area (Å²) in [6.45, 7) is -0.544. The molecular weight excluding hydrogens is 345 g/mol. The van der Waals surface area contributed by atoms with Crippen molar-refractivity contribution in [1.82, 2.24) is 4.90 Å². The van der Waals surface area contributed by atoms with Crippen molar-refractivity contribution in [2.24, 2.45) is 0 Å². The lowest BCUT2D eigenvalue weighted by Gasteiger charge is -2.26. The number of nitro groups is 1. The first-order valence-electron chi connectivity index (χ1n) is 7.53. The standard InChI is InChI=1S/C17H12FN3O5/c18-13-6-5-11(8-14(13)21(25)26)19-15(22)9-20-16(23)7-10-3-1-2-4-12(10)17(20)24/h1-6,8H,7,9H2,(H,19,22). The number of hydrogen-bond donors (Lipinski definition) is 1. The number of imide groups is 1. The van der Waals surface area contributed by atoms with E-state index in [1.165, 1.54) is 0 Å². The first-order chi connectivity index (χ1) is 12.4. The van der Waals surface area contributed by atoms with E-state index < -0.39 is 40.7 Å². The van der Waals surface area contributed by atoms with Crippen molar-refractivity contribution in [3.8, 4) is 0 Å². The number of nitrogens with one attached hydrogen (secondary N) is 1. The SMILES string of the molecule is O=C(CN1C(=O)Cc2ccccc2C1=O)Nc1ccc(F)c([N+](=O)[O-])c1. The van der Waals surface area contributed by atoms with Crippen LogP contribution < -0.4 is 5.32 Å². The third kappa shape index (κ3) is 3.27. The second-order valence-electron chi connectivity index (χ2n) is 5.59. The first kappa shape index (κ1) is 17.2. The summed E-state index contributed by atoms with van der Waals surface area (Å²) in [5.41, 5.74) is 0.132. The number of amides is 3. The average Bonchev–Trinajstić information content (AvgIpc) is 2.60. The summed E-state index contributed by atoms with van der Waals surface area (Å²) in [6, 6.07) is 9.46. The zero-order valence-electron chi connectivity index (χ0n) is 13.3. The second-order valence-corrected chi connectivity index (χ2v) is 5.59. The maximum absolute atomic E-state index is 13.3. The largest absolute Gasteiger partial charge is 0.324 e. The van der Waals surface area contributed by atoms with Gasteiger partial charge in [-0.25, -0.2) is 0 Å². The molecule has 0 aliphatic carbocycles. The Morgan fingerprint density at radius 3 is 2.69 bits per heavy atom. The highest BCUT2D eigenvalue weighted by molar-refractivity contribution is 6.12. The summed E-state index contributed by atoms with van der Waals surface area (Å²) in [6.07, 6.45) is -0.00276. The molecule has 132 valence electrons. The van der Waals surface area contributed by atoms with Crippen LogP contribution in [0.4, 0.5) is 15.8 Å². The van der Waals surface area contributed by atoms with E-state index in [1.54, 1.807) is 24.3 Å². The number of hydrogen-bond acceptors (Lipinski definition) is 5. The molecule has 0 bridgehead atoms. The van der Waals surface area contributed by atoms with Crippen molar-refractivity contribution in [3.63, 3.8) is 0 Å². The Bertz CT molecular complexity index is 944. The van der Waals surface area contributed by atoms with Crippen molar-refractivity contribution >= 4 is 29.1 Å². The number of halogens is 1. The lowest BCUT2D eigenvalue weighted by molar-refractivity contribution is -0.387. The van der Waals surface area contributed by atoms with Crippen LogP contribution >= 0.6 is 0 Å². The van der Waals surface area contributed by atoms with Gasteiger partial charge in [-0.15, -0.1) is 0 Å². The summed E-state index contributed by atoms with van der Waals surface area (Å²) < 4.78 is 13.3. The van der Waals surface area contributed by atoms with E-state index in [4.69, 9.17) is 0 Å². The van der Waals surface area contributed by atoms with Crippen LogP contribution in [0.1, 0.15) is 15.9 Å². The molecule has 0 unspecified atom stereocenters. The fraction of sp³-hybridized carbons (Fsp3) is 0.118. The topological polar surface area (TPSA) is 110 Å². The minimum atomic E-state index is -1.04. The van der Waals surface area contributed by atoms with Gasteiger partial charge in [-0.1, -0.05) is 18.2 Å². The molecule has 3 amide bonds. The Morgan fingerprint density at radius 1 is 1.23 bits per heavy atom. The van der Waals surface area contributed by atoms with Crippen molar-refractivity contribution in [1.29, 1.82) is 0 Å². The lowest BCUT2D eigenvalue weighted by Crippen LogP contribution is -2.46. The van der Waals surface area contributed by atoms with E-state index in [1.807, 2.05) is 0 Å². The molecule has 0 aromatic heterocycles. The van der Waals surface area contributed by atoms with E-state index in [2.05, 4.69) is 5.32 Å². The Kier molecular flexibility index (Phi) is 4.44. The van der Waals surface area contributed by atoms with Crippen molar-refractivity contribution in [3.05, 3.63) is 69.5 Å². The summed E-state index contributed by atoms with van der Waals surface area (Å²) in [5, 5.41) is 13.1. The average molecular weight is 357 g/mol. The smallest absolute Gasteiger partial charge is 0.306 e. The molecule has 1 aliphatic heterocycles. The van der Waals surface area contributed by atoms with Gasteiger partial charge >= 0.3 is 5.69 Å². The molecule has 3 rings (SSSR count). The van der Waals surface area contributed by atoms with Crippen LogP contribution in [0.15, 0.2) is 42.5 Å². The molecule has 8 nitrogen and oxygen atoms in total. The second kappa shape index (κ2) is 6.71. The number of nitro benzene ring substituents is 1. The fourth-order valence-electron chi connectivity index (χ4n) is 2.63. The Hall–Kier alpha value is -3.62. The minimum absolute atomic E-state index is 0.00276. The normalized spacial score (nSPS) is 13.3. The van der Waals surface area contributed by atoms with Crippen LogP contribution in [0.2, 0.25) is 0 Å². The quantitative estimate of drug-likeness (QED) is 0.510. The third-order valence-corrected chi connectivity index (χ3v) is 3.86. The van der Waals surface area contributed by atoms with Crippen LogP contribution in [-0.2, 0) is 16.0 Å². The molecule has 0 spiro atoms. The highest BCUT2D eigenvalue weighted by Gasteiger charge is 2.32. The molecular formula is C17H12FN3O5. The van der Waals surface area contributed by atoms with E-state index >= 15 is 0 Å². The predicted octanol–water partition coefficient (Wildman–Crippen LogP) is 1.90. The molecule has 2 aromatic rings. The molecule has 1 heterocycles. The highest BCUT2D eigenvalue weighted by Crippen LogP contribution is 2.22. The highest BCUT2D eigenvalue weighted by atomic mass is 19.1. The molecule has 1 N–H and O–H groups in total. The predicted molar refractivity (Wildman–Crippen MR) is 87.9 cm³/mol. The lowest BCUT2D eigenvalue weighted by atomic mass is 9.98. The van der Waals surface area contributed by atoms with Gasteiger partial charge in [-0.05, 0) is 23.8 Å². The van der Waals surface area contributed by atoms with Crippen LogP contribution in [0.25, 0.3) is 0 Å². The zero-order chi connectivity index (χ0) is 18.8. The molecule has 0 radical (unpaired) electrons. The van der Waals surface area contributed by atoms with Gasteiger partial charge in [-0.2, -0.15) is 4.39 Å². The molecule has 26 heavy (non-hydrogen) atoms. The molecule has 1 aliphatic rings. The van der Waals surface area contributed by atoms with Crippen LogP contribution in [0.3, 0.4) is 0 Å². The molecule has 0 saturated heterocycles. The van der Waals surface area contributed by atoms with Crippen LogP contribution in [0.5, 0.6) is 0 Å². The molecule has 0 atom stereocenters. The van der Waals surface area contributed by atoms with Crippen molar-refractivity contribution in [2.45, 2.75) is 6.42 Å². The van der Waals surface area contributed by atoms with Crippen LogP contribution in [-0.4, -0.2) is 34.1 Å². The van der Waals surface area contributed by atoms with E-state index in [-0.39, 0.29) is 12.1 Å². The Balaban J connectivity index is 1.75. The Morgan fingerprint density at radius 2 is 1.96 bits per heavy atom. The van der Waals surface area contributed by atoms with E-state index in [9.17, 15) is 28.9 Å². The molecule has 2 aromatic carbocycles. The molecule has 9 heteroatoms. The van der Waals surface area contributed by atoms with Gasteiger partial charge in [0, 0.05) is 17.3 Å². The van der Waals surface area contributed by atoms with E-state index in [0.717, 1.165) is 23.1 Å². The van der Waals surface area contributed by atoms with Gasteiger partial charge in [0.15, 0.2) is 0 Å². The van der Waals surface area contributed by atoms with Crippen molar-refractivity contribution < 1.29 is 23.7 Å². The molecule has 0 saturated carbocycles. The number of carbonyl (C=O) groups is 3. The number of benzene rings is 2. The summed E-state index contributed by atoms with van der Waals surface area (Å²) in [4.78, 5) is 47.3. The van der Waals surface area contributed by atoms with Crippen molar-refractivity contribution in [2.75, 3.05) is 11.9 Å². The monoisotopic (exact) mass is 357 g/mol. The number of carbonyl (C=O) groups excluding carboxylic acids is 3. The summed E-state index contributed by atoms with van der Waals surface area (Å²) in [5.74, 6) is -2.87. The minimum Gasteiger partial charge on any atom is -0.324 e. The maximum atomic E-state index is 13.3. The van der Waals surface area contributed by atoms with E-state index in [0.29, 0.717) is 11.1 Å². The van der Waals surface area contributed by atoms with Gasteiger partial charge in [0.25, 0.3) is 5.91 Å². The van der Waals surface area contributed by atoms with Gasteiger partial charge in [0.2, 0.25) is 17.6 Å². The first-order valence-corrected chi connectivity index (χ1v) is 7.53. The third-order valence-electron chi connectivity index (χ3n) is 3.86. The summed E-state index contributed by atoms with van der Waals surface area (Å²) >= 11 is 0. The van der Waals surface area contributed by atoms with Gasteiger partial charge in [-0.3, -0.25) is 29.4 Å². The number of rotatable bonds is 4. The van der Waals surface area contributed by atoms with Crippen LogP contribution in [0, 0.1) is 15.9 Å². The number of fused-ring (bicyclic) bond motifs is 1. The number of nitrogens with zero attached hydrogens (tertiary/aromatic N) is 2. The maximum Gasteiger partial charge on any atom is 0.306 e. The van der Waals surface area contributed by atoms with Gasteiger partial charge in [0.1, 0.15) is 6.54 Å².